The van der Waals surface area contributed by atoms with E-state index in [-0.39, 0.29) is 0 Å². The van der Waals surface area contributed by atoms with Crippen molar-refractivity contribution in [2.75, 3.05) is 6.54 Å². The number of halogens is 1. The number of hydrogen-bond donors (Lipinski definition) is 1. The van der Waals surface area contributed by atoms with E-state index in [1.54, 1.807) is 0 Å². The van der Waals surface area contributed by atoms with Crippen LogP contribution < -0.4 is 5.32 Å². The first-order valence-corrected chi connectivity index (χ1v) is 8.40. The van der Waals surface area contributed by atoms with Gasteiger partial charge in [0.05, 0.1) is 0 Å². The van der Waals surface area contributed by atoms with E-state index < -0.39 is 0 Å². The lowest BCUT2D eigenvalue weighted by atomic mass is 10.0. The molecule has 3 heteroatoms. The normalized spacial score (nSPS) is 12.6. The van der Waals surface area contributed by atoms with E-state index in [4.69, 9.17) is 0 Å². The van der Waals surface area contributed by atoms with Crippen LogP contribution in [0.25, 0.3) is 0 Å². The van der Waals surface area contributed by atoms with Crippen LogP contribution in [-0.2, 0) is 12.8 Å². The van der Waals surface area contributed by atoms with Crippen molar-refractivity contribution < 1.29 is 0 Å². The Bertz CT molecular complexity index is 504. The van der Waals surface area contributed by atoms with Gasteiger partial charge in [-0.15, -0.1) is 11.3 Å². The number of benzene rings is 1. The summed E-state index contributed by atoms with van der Waals surface area (Å²) in [6.45, 7) is 5.38. The molecule has 0 aliphatic heterocycles. The molecule has 0 aliphatic carbocycles. The second-order valence-electron chi connectivity index (χ2n) is 4.60. The highest BCUT2D eigenvalue weighted by Crippen LogP contribution is 2.27. The quantitative estimate of drug-likeness (QED) is 0.784. The third kappa shape index (κ3) is 4.16. The average molecular weight is 338 g/mol. The smallest absolute Gasteiger partial charge is 0.0455 e. The fourth-order valence-corrected chi connectivity index (χ4v) is 3.44. The summed E-state index contributed by atoms with van der Waals surface area (Å²) in [5.41, 5.74) is 1.38. The molecule has 1 aromatic heterocycles. The molecule has 0 radical (unpaired) electrons. The maximum absolute atomic E-state index is 3.60. The van der Waals surface area contributed by atoms with Crippen molar-refractivity contribution in [3.05, 3.63) is 56.2 Å². The lowest BCUT2D eigenvalue weighted by molar-refractivity contribution is 0.558. The molecule has 19 heavy (non-hydrogen) atoms. The van der Waals surface area contributed by atoms with E-state index in [1.165, 1.54) is 15.3 Å². The lowest BCUT2D eigenvalue weighted by Crippen LogP contribution is -2.22. The summed E-state index contributed by atoms with van der Waals surface area (Å²) in [5, 5.41) is 3.60. The van der Waals surface area contributed by atoms with Gasteiger partial charge in [-0.1, -0.05) is 41.9 Å². The lowest BCUT2D eigenvalue weighted by Gasteiger charge is -2.16. The Balaban J connectivity index is 2.13. The molecule has 1 heterocycles. The van der Waals surface area contributed by atoms with Crippen LogP contribution in [0, 0.1) is 0 Å². The standard InChI is InChI=1S/C16H20BrNS/c1-3-14-9-10-16(19-14)15(18-4-2)11-12-5-7-13(17)8-6-12/h5-10,15,18H,3-4,11H2,1-2H3. The Morgan fingerprint density at radius 2 is 1.84 bits per heavy atom. The highest BCUT2D eigenvalue weighted by Gasteiger charge is 2.13. The number of rotatable bonds is 6. The molecule has 2 rings (SSSR count). The Morgan fingerprint density at radius 3 is 2.42 bits per heavy atom. The van der Waals surface area contributed by atoms with E-state index in [0.29, 0.717) is 6.04 Å². The minimum absolute atomic E-state index is 0.427. The van der Waals surface area contributed by atoms with Gasteiger partial charge in [-0.3, -0.25) is 0 Å². The van der Waals surface area contributed by atoms with Gasteiger partial charge in [-0.2, -0.15) is 0 Å². The maximum Gasteiger partial charge on any atom is 0.0455 e. The molecule has 1 aromatic carbocycles. The van der Waals surface area contributed by atoms with Crippen LogP contribution in [0.15, 0.2) is 40.9 Å². The molecule has 0 fully saturated rings. The summed E-state index contributed by atoms with van der Waals surface area (Å²) >= 11 is 5.42. The van der Waals surface area contributed by atoms with E-state index in [0.717, 1.165) is 23.9 Å². The van der Waals surface area contributed by atoms with Crippen LogP contribution >= 0.6 is 27.3 Å². The number of aryl methyl sites for hydroxylation is 1. The Morgan fingerprint density at radius 1 is 1.11 bits per heavy atom. The molecule has 1 unspecified atom stereocenters. The van der Waals surface area contributed by atoms with Gasteiger partial charge in [0.25, 0.3) is 0 Å². The van der Waals surface area contributed by atoms with Crippen LogP contribution in [0.4, 0.5) is 0 Å². The average Bonchev–Trinajstić information content (AvgIpc) is 2.89. The minimum atomic E-state index is 0.427. The predicted molar refractivity (Wildman–Crippen MR) is 88.0 cm³/mol. The molecule has 102 valence electrons. The van der Waals surface area contributed by atoms with E-state index in [1.807, 2.05) is 11.3 Å². The van der Waals surface area contributed by atoms with Gasteiger partial charge in [0.15, 0.2) is 0 Å². The molecule has 0 aliphatic rings. The second kappa shape index (κ2) is 7.22. The van der Waals surface area contributed by atoms with Gasteiger partial charge >= 0.3 is 0 Å². The van der Waals surface area contributed by atoms with Crippen molar-refractivity contribution in [2.24, 2.45) is 0 Å². The second-order valence-corrected chi connectivity index (χ2v) is 6.71. The zero-order chi connectivity index (χ0) is 13.7. The molecule has 2 aromatic rings. The Kier molecular flexibility index (Phi) is 5.61. The molecular weight excluding hydrogens is 318 g/mol. The summed E-state index contributed by atoms with van der Waals surface area (Å²) < 4.78 is 1.14. The van der Waals surface area contributed by atoms with Gasteiger partial charge in [0.2, 0.25) is 0 Å². The van der Waals surface area contributed by atoms with Crippen molar-refractivity contribution in [1.29, 1.82) is 0 Å². The van der Waals surface area contributed by atoms with E-state index in [2.05, 4.69) is 71.5 Å². The monoisotopic (exact) mass is 337 g/mol. The molecule has 0 amide bonds. The number of hydrogen-bond acceptors (Lipinski definition) is 2. The van der Waals surface area contributed by atoms with E-state index >= 15 is 0 Å². The zero-order valence-corrected chi connectivity index (χ0v) is 13.9. The third-order valence-electron chi connectivity index (χ3n) is 3.18. The zero-order valence-electron chi connectivity index (χ0n) is 11.4. The van der Waals surface area contributed by atoms with Crippen LogP contribution in [0.3, 0.4) is 0 Å². The van der Waals surface area contributed by atoms with Gasteiger partial charge in [0.1, 0.15) is 0 Å². The highest BCUT2D eigenvalue weighted by molar-refractivity contribution is 9.10. The number of likely N-dealkylation sites (N-methyl/N-ethyl adjacent to an activating group) is 1. The molecule has 0 bridgehead atoms. The molecule has 0 saturated heterocycles. The summed E-state index contributed by atoms with van der Waals surface area (Å²) in [4.78, 5) is 2.91. The van der Waals surface area contributed by atoms with Crippen LogP contribution in [0.5, 0.6) is 0 Å². The molecule has 0 saturated carbocycles. The first kappa shape index (κ1) is 14.8. The largest absolute Gasteiger partial charge is 0.309 e. The van der Waals surface area contributed by atoms with Gasteiger partial charge < -0.3 is 5.32 Å². The van der Waals surface area contributed by atoms with Gasteiger partial charge in [-0.25, -0.2) is 0 Å². The fourth-order valence-electron chi connectivity index (χ4n) is 2.15. The summed E-state index contributed by atoms with van der Waals surface area (Å²) in [6.07, 6.45) is 2.17. The van der Waals surface area contributed by atoms with Gasteiger partial charge in [-0.05, 0) is 49.2 Å². The van der Waals surface area contributed by atoms with Gasteiger partial charge in [0, 0.05) is 20.3 Å². The van der Waals surface area contributed by atoms with E-state index in [9.17, 15) is 0 Å². The summed E-state index contributed by atoms with van der Waals surface area (Å²) in [7, 11) is 0. The Hall–Kier alpha value is -0.640. The topological polar surface area (TPSA) is 12.0 Å². The molecule has 1 N–H and O–H groups in total. The number of nitrogens with one attached hydrogen (secondary N) is 1. The molecule has 0 spiro atoms. The van der Waals surface area contributed by atoms with Crippen molar-refractivity contribution in [3.8, 4) is 0 Å². The van der Waals surface area contributed by atoms with Crippen LogP contribution in [-0.4, -0.2) is 6.54 Å². The fraction of sp³-hybridized carbons (Fsp3) is 0.375. The van der Waals surface area contributed by atoms with Crippen LogP contribution in [0.2, 0.25) is 0 Å². The maximum atomic E-state index is 3.60. The predicted octanol–water partition coefficient (Wildman–Crippen LogP) is 4.97. The van der Waals surface area contributed by atoms with Crippen LogP contribution in [0.1, 0.15) is 35.2 Å². The number of thiophene rings is 1. The summed E-state index contributed by atoms with van der Waals surface area (Å²) in [5.74, 6) is 0. The molecular formula is C16H20BrNS. The molecule has 1 nitrogen and oxygen atoms in total. The first-order valence-electron chi connectivity index (χ1n) is 6.79. The third-order valence-corrected chi connectivity index (χ3v) is 5.05. The van der Waals surface area contributed by atoms with Crippen molar-refractivity contribution in [1.82, 2.24) is 5.32 Å². The molecule has 1 atom stereocenters. The van der Waals surface area contributed by atoms with Crippen molar-refractivity contribution >= 4 is 27.3 Å². The van der Waals surface area contributed by atoms with Crippen molar-refractivity contribution in [3.63, 3.8) is 0 Å². The Labute approximate surface area is 128 Å². The van der Waals surface area contributed by atoms with Crippen molar-refractivity contribution in [2.45, 2.75) is 32.7 Å². The highest BCUT2D eigenvalue weighted by atomic mass is 79.9. The SMILES string of the molecule is CCNC(Cc1ccc(Br)cc1)c1ccc(CC)s1. The minimum Gasteiger partial charge on any atom is -0.309 e. The first-order chi connectivity index (χ1) is 9.22. The summed E-state index contributed by atoms with van der Waals surface area (Å²) in [6, 6.07) is 13.6.